The number of hydrogen-bond donors (Lipinski definition) is 2. The zero-order valence-electron chi connectivity index (χ0n) is 11.3. The Morgan fingerprint density at radius 1 is 1.37 bits per heavy atom. The molecule has 2 N–H and O–H groups in total. The van der Waals surface area contributed by atoms with Gasteiger partial charge in [0, 0.05) is 7.11 Å². The molecule has 0 aliphatic heterocycles. The van der Waals surface area contributed by atoms with Gasteiger partial charge in [-0.1, -0.05) is 43.2 Å². The molecule has 0 radical (unpaired) electrons. The van der Waals surface area contributed by atoms with Crippen LogP contribution in [-0.2, 0) is 9.53 Å². The first-order valence-electron chi connectivity index (χ1n) is 6.71. The molecule has 104 valence electrons. The van der Waals surface area contributed by atoms with Gasteiger partial charge in [-0.25, -0.2) is 0 Å². The summed E-state index contributed by atoms with van der Waals surface area (Å²) in [4.78, 5) is 12.3. The smallest absolute Gasteiger partial charge is 0.254 e. The first kappa shape index (κ1) is 14.0. The largest absolute Gasteiger partial charge is 0.394 e. The minimum atomic E-state index is -0.620. The molecule has 1 atom stereocenters. The number of benzene rings is 1. The predicted octanol–water partition coefficient (Wildman–Crippen LogP) is 1.80. The van der Waals surface area contributed by atoms with Crippen molar-refractivity contribution in [1.29, 1.82) is 0 Å². The number of rotatable bonds is 5. The average Bonchev–Trinajstić information content (AvgIpc) is 2.90. The van der Waals surface area contributed by atoms with Crippen LogP contribution in [0.2, 0.25) is 0 Å². The number of amides is 1. The summed E-state index contributed by atoms with van der Waals surface area (Å²) in [7, 11) is 1.53. The van der Waals surface area contributed by atoms with Gasteiger partial charge >= 0.3 is 0 Å². The first-order chi connectivity index (χ1) is 9.21. The van der Waals surface area contributed by atoms with Crippen LogP contribution in [0.4, 0.5) is 0 Å². The monoisotopic (exact) mass is 263 g/mol. The Morgan fingerprint density at radius 3 is 2.53 bits per heavy atom. The van der Waals surface area contributed by atoms with Crippen LogP contribution in [0.5, 0.6) is 0 Å². The zero-order valence-corrected chi connectivity index (χ0v) is 11.3. The van der Waals surface area contributed by atoms with Gasteiger partial charge in [0.1, 0.15) is 0 Å². The minimum absolute atomic E-state index is 0.00996. The summed E-state index contributed by atoms with van der Waals surface area (Å²) in [6.45, 7) is -0.00996. The molecule has 1 unspecified atom stereocenters. The molecule has 1 aliphatic carbocycles. The van der Waals surface area contributed by atoms with Crippen LogP contribution in [0.1, 0.15) is 37.4 Å². The number of methoxy groups -OCH3 is 1. The first-order valence-corrected chi connectivity index (χ1v) is 6.71. The molecular formula is C15H21NO3. The quantitative estimate of drug-likeness (QED) is 0.851. The van der Waals surface area contributed by atoms with Gasteiger partial charge in [-0.3, -0.25) is 4.79 Å². The van der Waals surface area contributed by atoms with E-state index in [1.54, 1.807) is 0 Å². The maximum atomic E-state index is 12.3. The van der Waals surface area contributed by atoms with Crippen molar-refractivity contribution in [3.05, 3.63) is 35.9 Å². The van der Waals surface area contributed by atoms with Crippen molar-refractivity contribution in [3.63, 3.8) is 0 Å². The topological polar surface area (TPSA) is 58.6 Å². The Bertz CT molecular complexity index is 413. The van der Waals surface area contributed by atoms with Gasteiger partial charge in [0.2, 0.25) is 0 Å². The number of carbonyl (C=O) groups is 1. The summed E-state index contributed by atoms with van der Waals surface area (Å²) in [6, 6.07) is 9.40. The van der Waals surface area contributed by atoms with Crippen LogP contribution in [0.25, 0.3) is 0 Å². The number of ether oxygens (including phenoxy) is 1. The van der Waals surface area contributed by atoms with E-state index in [0.29, 0.717) is 0 Å². The van der Waals surface area contributed by atoms with Crippen LogP contribution in [0, 0.1) is 0 Å². The average molecular weight is 263 g/mol. The molecule has 1 aliphatic rings. The van der Waals surface area contributed by atoms with Crippen molar-refractivity contribution in [3.8, 4) is 0 Å². The number of aliphatic hydroxyl groups excluding tert-OH is 1. The minimum Gasteiger partial charge on any atom is -0.394 e. The van der Waals surface area contributed by atoms with E-state index in [-0.39, 0.29) is 12.5 Å². The fourth-order valence-corrected chi connectivity index (χ4v) is 2.72. The number of nitrogens with one attached hydrogen (secondary N) is 1. The Kier molecular flexibility index (Phi) is 4.56. The summed E-state index contributed by atoms with van der Waals surface area (Å²) >= 11 is 0. The molecular weight excluding hydrogens is 242 g/mol. The van der Waals surface area contributed by atoms with Crippen LogP contribution in [0.3, 0.4) is 0 Å². The van der Waals surface area contributed by atoms with Crippen molar-refractivity contribution < 1.29 is 14.6 Å². The lowest BCUT2D eigenvalue weighted by atomic mass is 9.97. The molecule has 19 heavy (non-hydrogen) atoms. The van der Waals surface area contributed by atoms with Crippen molar-refractivity contribution >= 4 is 5.91 Å². The Hall–Kier alpha value is -1.39. The van der Waals surface area contributed by atoms with Gasteiger partial charge in [0.05, 0.1) is 12.1 Å². The van der Waals surface area contributed by atoms with Gasteiger partial charge in [-0.05, 0) is 18.4 Å². The molecule has 2 rings (SSSR count). The molecule has 0 saturated heterocycles. The third-order valence-electron chi connectivity index (χ3n) is 3.83. The van der Waals surface area contributed by atoms with Crippen molar-refractivity contribution in [2.24, 2.45) is 0 Å². The van der Waals surface area contributed by atoms with Crippen LogP contribution < -0.4 is 5.32 Å². The molecule has 1 fully saturated rings. The molecule has 4 heteroatoms. The Balaban J connectivity index is 2.09. The van der Waals surface area contributed by atoms with E-state index in [0.717, 1.165) is 31.2 Å². The molecule has 1 saturated carbocycles. The van der Waals surface area contributed by atoms with Crippen LogP contribution in [-0.4, -0.2) is 30.3 Å². The SMILES string of the molecule is COC(C(=O)NC1(CO)CCCC1)c1ccccc1. The molecule has 1 aromatic carbocycles. The Labute approximate surface area is 113 Å². The van der Waals surface area contributed by atoms with Crippen molar-refractivity contribution in [2.45, 2.75) is 37.3 Å². The summed E-state index contributed by atoms with van der Waals surface area (Å²) in [6.07, 6.45) is 3.14. The fourth-order valence-electron chi connectivity index (χ4n) is 2.72. The van der Waals surface area contributed by atoms with E-state index in [9.17, 15) is 9.90 Å². The van der Waals surface area contributed by atoms with Gasteiger partial charge in [-0.2, -0.15) is 0 Å². The molecule has 0 heterocycles. The number of hydrogen-bond acceptors (Lipinski definition) is 3. The lowest BCUT2D eigenvalue weighted by Gasteiger charge is -2.30. The molecule has 0 bridgehead atoms. The van der Waals surface area contributed by atoms with E-state index in [2.05, 4.69) is 5.32 Å². The van der Waals surface area contributed by atoms with Crippen LogP contribution in [0.15, 0.2) is 30.3 Å². The lowest BCUT2D eigenvalue weighted by Crippen LogP contribution is -2.51. The van der Waals surface area contributed by atoms with E-state index in [1.807, 2.05) is 30.3 Å². The third kappa shape index (κ3) is 3.14. The van der Waals surface area contributed by atoms with Gasteiger partial charge in [-0.15, -0.1) is 0 Å². The fraction of sp³-hybridized carbons (Fsp3) is 0.533. The summed E-state index contributed by atoms with van der Waals surface area (Å²) in [5.74, 6) is -0.176. The van der Waals surface area contributed by atoms with Crippen LogP contribution >= 0.6 is 0 Å². The Morgan fingerprint density at radius 2 is 2.00 bits per heavy atom. The second kappa shape index (κ2) is 6.17. The van der Waals surface area contributed by atoms with Gasteiger partial charge < -0.3 is 15.2 Å². The van der Waals surface area contributed by atoms with E-state index >= 15 is 0 Å². The van der Waals surface area contributed by atoms with Gasteiger partial charge in [0.25, 0.3) is 5.91 Å². The highest BCUT2D eigenvalue weighted by molar-refractivity contribution is 5.83. The zero-order chi connectivity index (χ0) is 13.7. The van der Waals surface area contributed by atoms with Crippen molar-refractivity contribution in [2.75, 3.05) is 13.7 Å². The normalized spacial score (nSPS) is 19.1. The van der Waals surface area contributed by atoms with E-state index in [4.69, 9.17) is 4.74 Å². The number of carbonyl (C=O) groups excluding carboxylic acids is 1. The van der Waals surface area contributed by atoms with E-state index in [1.165, 1.54) is 7.11 Å². The highest BCUT2D eigenvalue weighted by Crippen LogP contribution is 2.30. The summed E-state index contributed by atoms with van der Waals surface area (Å²) in [5.41, 5.74) is 0.372. The second-order valence-electron chi connectivity index (χ2n) is 5.16. The van der Waals surface area contributed by atoms with Gasteiger partial charge in [0.15, 0.2) is 6.10 Å². The summed E-state index contributed by atoms with van der Waals surface area (Å²) in [5, 5.41) is 12.5. The molecule has 1 amide bonds. The summed E-state index contributed by atoms with van der Waals surface area (Å²) < 4.78 is 5.30. The standard InChI is InChI=1S/C15H21NO3/c1-19-13(12-7-3-2-4-8-12)14(18)16-15(11-17)9-5-6-10-15/h2-4,7-8,13,17H,5-6,9-11H2,1H3,(H,16,18). The van der Waals surface area contributed by atoms with Crippen molar-refractivity contribution in [1.82, 2.24) is 5.32 Å². The highest BCUT2D eigenvalue weighted by atomic mass is 16.5. The lowest BCUT2D eigenvalue weighted by molar-refractivity contribution is -0.134. The number of aliphatic hydroxyl groups is 1. The maximum Gasteiger partial charge on any atom is 0.254 e. The predicted molar refractivity (Wildman–Crippen MR) is 72.6 cm³/mol. The highest BCUT2D eigenvalue weighted by Gasteiger charge is 2.36. The third-order valence-corrected chi connectivity index (χ3v) is 3.83. The maximum absolute atomic E-state index is 12.3. The second-order valence-corrected chi connectivity index (χ2v) is 5.16. The molecule has 0 spiro atoms. The van der Waals surface area contributed by atoms with E-state index < -0.39 is 11.6 Å². The molecule has 0 aromatic heterocycles. The molecule has 4 nitrogen and oxygen atoms in total. The molecule has 1 aromatic rings.